The number of para-hydroxylation sites is 2. The van der Waals surface area contributed by atoms with Crippen molar-refractivity contribution in [3.63, 3.8) is 0 Å². The summed E-state index contributed by atoms with van der Waals surface area (Å²) in [5.41, 5.74) is -1.78. The van der Waals surface area contributed by atoms with Crippen LogP contribution >= 0.6 is 0 Å². The van der Waals surface area contributed by atoms with Crippen molar-refractivity contribution in [3.8, 4) is 55.6 Å². The average Bonchev–Trinajstić information content (AvgIpc) is 1.65. The highest BCUT2D eigenvalue weighted by atomic mass is 16.3. The molecule has 2 aromatic heterocycles. The molecule has 408 valence electrons. The number of hydrogen-bond donors (Lipinski definition) is 0. The van der Waals surface area contributed by atoms with Gasteiger partial charge in [-0.1, -0.05) is 290 Å². The van der Waals surface area contributed by atoms with Crippen LogP contribution in [0.1, 0.15) is 53.5 Å². The Balaban J connectivity index is 0.000000172. The summed E-state index contributed by atoms with van der Waals surface area (Å²) in [6.45, 7) is 0. The predicted molar refractivity (Wildman–Crippen MR) is 375 cm³/mol. The fraction of sp³-hybridized carbons (Fsp3) is 0. The van der Waals surface area contributed by atoms with E-state index in [4.69, 9.17) is 45.8 Å². The molecule has 0 N–H and O–H groups in total. The number of hydrogen-bond acceptors (Lipinski definition) is 2. The minimum absolute atomic E-state index is 0.0170. The molecule has 2 heterocycles. The molecule has 19 aromatic rings. The second kappa shape index (κ2) is 20.0. The van der Waals surface area contributed by atoms with Gasteiger partial charge in [-0.05, 0) is 149 Å². The Labute approximate surface area is 561 Å². The monoisotopic (exact) mass is 1160 g/mol. The highest BCUT2D eigenvalue weighted by Gasteiger charge is 2.23. The van der Waals surface area contributed by atoms with Gasteiger partial charge in [0.05, 0.1) is 53.5 Å². The second-order valence-electron chi connectivity index (χ2n) is 20.3. The zero-order chi connectivity index (χ0) is 91.8. The summed E-state index contributed by atoms with van der Waals surface area (Å²) in [6, 6.07) is -6.09. The highest BCUT2D eigenvalue weighted by molar-refractivity contribution is 6.28. The molecule has 0 aliphatic heterocycles. The molecule has 0 atom stereocenters. The van der Waals surface area contributed by atoms with E-state index in [1.54, 1.807) is 18.2 Å². The van der Waals surface area contributed by atoms with Crippen LogP contribution in [0.3, 0.4) is 0 Å². The molecule has 0 fully saturated rings. The van der Waals surface area contributed by atoms with Gasteiger partial charge in [-0.15, -0.1) is 0 Å². The Bertz CT molecular complexity index is 8330. The van der Waals surface area contributed by atoms with Gasteiger partial charge < -0.3 is 8.83 Å². The maximum absolute atomic E-state index is 9.43. The lowest BCUT2D eigenvalue weighted by Gasteiger charge is -2.19. The fourth-order valence-electron chi connectivity index (χ4n) is 12.0. The Kier molecular flexibility index (Phi) is 5.64. The van der Waals surface area contributed by atoms with E-state index < -0.39 is 334 Å². The molecule has 2 heteroatoms. The molecule has 0 unspecified atom stereocenters. The van der Waals surface area contributed by atoms with E-state index in [0.29, 0.717) is 27.9 Å². The first-order valence-electron chi connectivity index (χ1n) is 46.6. The topological polar surface area (TPSA) is 26.3 Å². The molecular weight excluding hydrogens is 1060 g/mol. The van der Waals surface area contributed by atoms with E-state index >= 15 is 0 Å². The third kappa shape index (κ3) is 7.76. The molecule has 0 spiro atoms. The van der Waals surface area contributed by atoms with Crippen LogP contribution in [0.2, 0.25) is 0 Å². The molecule has 0 amide bonds. The first-order valence-corrected chi connectivity index (χ1v) is 27.1. The molecule has 0 saturated carbocycles. The van der Waals surface area contributed by atoms with Crippen LogP contribution in [0.4, 0.5) is 0 Å². The van der Waals surface area contributed by atoms with Crippen LogP contribution in [-0.2, 0) is 0 Å². The Morgan fingerprint density at radius 3 is 1.40 bits per heavy atom. The van der Waals surface area contributed by atoms with Crippen LogP contribution < -0.4 is 0 Å². The van der Waals surface area contributed by atoms with Gasteiger partial charge in [0.15, 0.2) is 0 Å². The second-order valence-corrected chi connectivity index (χ2v) is 20.3. The van der Waals surface area contributed by atoms with Crippen molar-refractivity contribution in [3.05, 3.63) is 315 Å². The Hall–Kier alpha value is -11.6. The minimum Gasteiger partial charge on any atom is -0.455 e. The maximum Gasteiger partial charge on any atom is 0.143 e. The van der Waals surface area contributed by atoms with Gasteiger partial charge in [-0.25, -0.2) is 0 Å². The molecule has 0 radical (unpaired) electrons. The Morgan fingerprint density at radius 1 is 0.227 bits per heavy atom. The molecule has 17 aromatic carbocycles. The van der Waals surface area contributed by atoms with Crippen LogP contribution in [0.5, 0.6) is 0 Å². The van der Waals surface area contributed by atoms with Crippen molar-refractivity contribution in [1.82, 2.24) is 0 Å². The van der Waals surface area contributed by atoms with Crippen molar-refractivity contribution in [2.75, 3.05) is 0 Å². The van der Waals surface area contributed by atoms with E-state index in [9.17, 15) is 16.4 Å². The summed E-state index contributed by atoms with van der Waals surface area (Å²) in [4.78, 5) is 0. The van der Waals surface area contributed by atoms with E-state index in [0.717, 1.165) is 21.5 Å². The van der Waals surface area contributed by atoms with Crippen molar-refractivity contribution >= 4 is 130 Å². The normalized spacial score (nSPS) is 18.1. The largest absolute Gasteiger partial charge is 0.455 e. The van der Waals surface area contributed by atoms with Crippen LogP contribution in [0, 0.1) is 0 Å². The van der Waals surface area contributed by atoms with E-state index in [1.807, 2.05) is 60.7 Å². The molecular formula is C86H52O2. The van der Waals surface area contributed by atoms with Gasteiger partial charge in [0.1, 0.15) is 22.3 Å². The quantitative estimate of drug-likeness (QED) is 0.161. The van der Waals surface area contributed by atoms with Gasteiger partial charge >= 0.3 is 0 Å². The third-order valence-corrected chi connectivity index (χ3v) is 15.7. The summed E-state index contributed by atoms with van der Waals surface area (Å²) in [7, 11) is 0. The van der Waals surface area contributed by atoms with Crippen molar-refractivity contribution in [2.24, 2.45) is 0 Å². The summed E-state index contributed by atoms with van der Waals surface area (Å²) >= 11 is 0. The summed E-state index contributed by atoms with van der Waals surface area (Å²) in [5.74, 6) is 0. The molecule has 19 rings (SSSR count). The van der Waals surface area contributed by atoms with Gasteiger partial charge in [0, 0.05) is 38.2 Å². The standard InChI is InChI=1S/C46H28O.C40H24O/c1-3-17-33-29(12-1)14-10-24-36(33)44-39-21-7-5-19-37(39)43(38-20-6-8-22-40(38)44)32-16-9-15-31(28-32)35-23-11-25-41-45-34-18-4-2-13-30(34)26-27-42(45)47-46(35)41;1-2-12-27-24-28(21-20-25(27)10-1)37-30-14-5-7-16-32(30)38(33-17-8-6-15-31(33)37)34-18-9-19-35-39-29-13-4-3-11-26(29)22-23-36(39)41-40(34)35/h1-28H;1-24H/i1D,3D,5D,6D,7D,8D,10D,12D,14D,17D,19D,20D,21D,22D,24D;1D,2D,3D,4D,5D,6D,7D,8D,9D,10D,11D,12D,13D,14D,15D,16D,17D,18D,19D,20D,21D,22D,23D,24D. The van der Waals surface area contributed by atoms with Gasteiger partial charge in [0.25, 0.3) is 0 Å². The molecule has 88 heavy (non-hydrogen) atoms. The molecule has 2 nitrogen and oxygen atoms in total. The zero-order valence-electron chi connectivity index (χ0n) is 83.8. The van der Waals surface area contributed by atoms with E-state index in [-0.39, 0.29) is 38.1 Å². The zero-order valence-corrected chi connectivity index (χ0v) is 44.8. The van der Waals surface area contributed by atoms with Gasteiger partial charge in [0.2, 0.25) is 0 Å². The van der Waals surface area contributed by atoms with Crippen molar-refractivity contribution in [2.45, 2.75) is 0 Å². The lowest BCUT2D eigenvalue weighted by Crippen LogP contribution is -1.92. The fourth-order valence-corrected chi connectivity index (χ4v) is 12.0. The molecule has 0 aliphatic rings. The maximum atomic E-state index is 9.43. The summed E-state index contributed by atoms with van der Waals surface area (Å²) < 4.78 is 361. The van der Waals surface area contributed by atoms with Crippen LogP contribution in [0.15, 0.2) is 323 Å². The van der Waals surface area contributed by atoms with Crippen molar-refractivity contribution < 1.29 is 62.3 Å². The first kappa shape index (κ1) is 24.8. The van der Waals surface area contributed by atoms with E-state index in [2.05, 4.69) is 0 Å². The highest BCUT2D eigenvalue weighted by Crippen LogP contribution is 2.50. The SMILES string of the molecule is [2H]c1c([2H])c([2H])c2c(-c3c4c([2H])c([2H])c([2H])c([2H])c4c(-c4cccc(-c5cccc6c5oc5ccc7ccccc7c56)c4)c4c([2H])c([2H])c([2H])c([2H])c34)c([2H])c([2H])c([2H])c2c1[2H].[2H]c1c([2H])c([2H])c2c(oc3c([2H])c([2H])c4c([2H])c([2H])c([2H])c([2H])c4c32)c1-c1c2c([2H])c([2H])c([2H])c([2H])c2c(-c2c([2H])c([2H])c3c([2H])c([2H])c([2H])c([2H])c3c2[2H])c2c([2H])c([2H])c([2H])c([2H])c12. The van der Waals surface area contributed by atoms with Crippen LogP contribution in [0.25, 0.3) is 186 Å². The van der Waals surface area contributed by atoms with Gasteiger partial charge in [-0.3, -0.25) is 0 Å². The summed E-state index contributed by atoms with van der Waals surface area (Å²) in [6.07, 6.45) is 0. The minimum atomic E-state index is -0.939. The first-order chi connectivity index (χ1) is 59.9. The average molecular weight is 1160 g/mol. The molecule has 0 bridgehead atoms. The number of benzene rings is 17. The van der Waals surface area contributed by atoms with Crippen molar-refractivity contribution in [1.29, 1.82) is 0 Å². The molecule has 0 aliphatic carbocycles. The summed E-state index contributed by atoms with van der Waals surface area (Å²) in [5, 5.41) is -3.47. The smallest absolute Gasteiger partial charge is 0.143 e. The predicted octanol–water partition coefficient (Wildman–Crippen LogP) is 24.7. The van der Waals surface area contributed by atoms with Crippen LogP contribution in [-0.4, -0.2) is 0 Å². The Morgan fingerprint density at radius 2 is 0.693 bits per heavy atom. The van der Waals surface area contributed by atoms with E-state index in [1.165, 1.54) is 0 Å². The number of furan rings is 2. The third-order valence-electron chi connectivity index (χ3n) is 15.7. The van der Waals surface area contributed by atoms with Gasteiger partial charge in [-0.2, -0.15) is 0 Å². The number of rotatable bonds is 5. The lowest BCUT2D eigenvalue weighted by molar-refractivity contribution is 0.670. The molecule has 0 saturated heterocycles. The lowest BCUT2D eigenvalue weighted by atomic mass is 9.84. The number of fused-ring (bicyclic) bond motifs is 16.